The number of fused-ring (bicyclic) bond motifs is 1. The topological polar surface area (TPSA) is 76.1 Å². The second-order valence-electron chi connectivity index (χ2n) is 6.52. The molecule has 0 aromatic rings. The van der Waals surface area contributed by atoms with Crippen LogP contribution in [0.3, 0.4) is 0 Å². The summed E-state index contributed by atoms with van der Waals surface area (Å²) < 4.78 is 11.0. The van der Waals surface area contributed by atoms with Gasteiger partial charge in [0.05, 0.1) is 12.0 Å². The molecule has 1 N–H and O–H groups in total. The van der Waals surface area contributed by atoms with Crippen molar-refractivity contribution in [2.24, 2.45) is 11.8 Å². The number of carboxylic acid groups (broad SMARTS) is 1. The highest BCUT2D eigenvalue weighted by molar-refractivity contribution is 5.71. The van der Waals surface area contributed by atoms with E-state index < -0.39 is 17.5 Å². The van der Waals surface area contributed by atoms with E-state index in [4.69, 9.17) is 9.47 Å². The van der Waals surface area contributed by atoms with Crippen molar-refractivity contribution in [3.8, 4) is 0 Å². The van der Waals surface area contributed by atoms with Crippen LogP contribution in [0.1, 0.15) is 33.6 Å². The van der Waals surface area contributed by atoms with Crippen LogP contribution in [0.25, 0.3) is 0 Å². The Kier molecular flexibility index (Phi) is 4.22. The Hall–Kier alpha value is -1.30. The molecule has 0 saturated carbocycles. The summed E-state index contributed by atoms with van der Waals surface area (Å²) in [5.74, 6) is -1.36. The minimum absolute atomic E-state index is 0.0523. The van der Waals surface area contributed by atoms with Crippen molar-refractivity contribution in [3.63, 3.8) is 0 Å². The maximum absolute atomic E-state index is 12.1. The van der Waals surface area contributed by atoms with Crippen molar-refractivity contribution >= 4 is 12.1 Å². The summed E-state index contributed by atoms with van der Waals surface area (Å²) in [5, 5.41) is 9.30. The fraction of sp³-hybridized carbons (Fsp3) is 0.857. The summed E-state index contributed by atoms with van der Waals surface area (Å²) in [6.07, 6.45) is 0.765. The third-order valence-electron chi connectivity index (χ3n) is 3.84. The minimum atomic E-state index is -0.797. The first-order valence-electron chi connectivity index (χ1n) is 7.10. The predicted molar refractivity (Wildman–Crippen MR) is 71.4 cm³/mol. The molecule has 3 atom stereocenters. The van der Waals surface area contributed by atoms with E-state index in [-0.39, 0.29) is 18.1 Å². The van der Waals surface area contributed by atoms with Gasteiger partial charge in [-0.2, -0.15) is 0 Å². The van der Waals surface area contributed by atoms with E-state index in [0.717, 1.165) is 0 Å². The highest BCUT2D eigenvalue weighted by Crippen LogP contribution is 2.33. The van der Waals surface area contributed by atoms with Gasteiger partial charge in [0.2, 0.25) is 0 Å². The number of carbonyl (C=O) groups excluding carboxylic acids is 1. The van der Waals surface area contributed by atoms with Crippen molar-refractivity contribution in [2.45, 2.75) is 45.3 Å². The number of hydrogen-bond donors (Lipinski definition) is 1. The van der Waals surface area contributed by atoms with Crippen LogP contribution in [-0.2, 0) is 14.3 Å². The van der Waals surface area contributed by atoms with Gasteiger partial charge < -0.3 is 19.5 Å². The fourth-order valence-corrected chi connectivity index (χ4v) is 2.91. The fourth-order valence-electron chi connectivity index (χ4n) is 2.91. The molecular weight excluding hydrogens is 262 g/mol. The summed E-state index contributed by atoms with van der Waals surface area (Å²) in [4.78, 5) is 25.0. The van der Waals surface area contributed by atoms with E-state index in [0.29, 0.717) is 32.5 Å². The molecule has 0 bridgehead atoms. The SMILES string of the molecule is CC(C)(C)OC(=O)N1CC[C@H]2OCC[C@@H](C(=O)O)[C@@H]2C1. The number of amides is 1. The largest absolute Gasteiger partial charge is 0.481 e. The van der Waals surface area contributed by atoms with Crippen LogP contribution < -0.4 is 0 Å². The molecule has 2 heterocycles. The van der Waals surface area contributed by atoms with Crippen LogP contribution >= 0.6 is 0 Å². The molecule has 2 aliphatic heterocycles. The Morgan fingerprint density at radius 3 is 2.60 bits per heavy atom. The van der Waals surface area contributed by atoms with Crippen molar-refractivity contribution in [1.29, 1.82) is 0 Å². The smallest absolute Gasteiger partial charge is 0.410 e. The molecule has 0 spiro atoms. The van der Waals surface area contributed by atoms with Crippen molar-refractivity contribution in [1.82, 2.24) is 4.90 Å². The molecule has 20 heavy (non-hydrogen) atoms. The van der Waals surface area contributed by atoms with Gasteiger partial charge in [-0.25, -0.2) is 4.79 Å². The molecule has 2 fully saturated rings. The number of rotatable bonds is 1. The highest BCUT2D eigenvalue weighted by atomic mass is 16.6. The van der Waals surface area contributed by atoms with Crippen LogP contribution in [0.2, 0.25) is 0 Å². The summed E-state index contributed by atoms with van der Waals surface area (Å²) in [5.41, 5.74) is -0.538. The van der Waals surface area contributed by atoms with Crippen LogP contribution in [0, 0.1) is 11.8 Å². The summed E-state index contributed by atoms with van der Waals surface area (Å²) in [6.45, 7) is 6.91. The average Bonchev–Trinajstić information content (AvgIpc) is 2.35. The number of piperidine rings is 1. The number of likely N-dealkylation sites (tertiary alicyclic amines) is 1. The second-order valence-corrected chi connectivity index (χ2v) is 6.52. The zero-order chi connectivity index (χ0) is 14.9. The lowest BCUT2D eigenvalue weighted by Gasteiger charge is -2.43. The predicted octanol–water partition coefficient (Wildman–Crippen LogP) is 1.73. The van der Waals surface area contributed by atoms with Crippen molar-refractivity contribution < 1.29 is 24.2 Å². The standard InChI is InChI=1S/C14H23NO5/c1-14(2,3)20-13(18)15-6-4-11-10(8-15)9(12(16)17)5-7-19-11/h9-11H,4-8H2,1-3H3,(H,16,17)/t9-,10+,11-/m1/s1. The maximum atomic E-state index is 12.1. The van der Waals surface area contributed by atoms with E-state index in [1.165, 1.54) is 0 Å². The molecule has 6 nitrogen and oxygen atoms in total. The van der Waals surface area contributed by atoms with Gasteiger partial charge >= 0.3 is 12.1 Å². The number of carboxylic acids is 1. The Balaban J connectivity index is 2.02. The van der Waals surface area contributed by atoms with Gasteiger partial charge in [-0.15, -0.1) is 0 Å². The Morgan fingerprint density at radius 2 is 2.00 bits per heavy atom. The van der Waals surface area contributed by atoms with E-state index in [1.807, 2.05) is 20.8 Å². The zero-order valence-electron chi connectivity index (χ0n) is 12.3. The van der Waals surface area contributed by atoms with Gasteiger partial charge in [-0.3, -0.25) is 4.79 Å². The second kappa shape index (κ2) is 5.60. The average molecular weight is 285 g/mol. The summed E-state index contributed by atoms with van der Waals surface area (Å²) in [7, 11) is 0. The summed E-state index contributed by atoms with van der Waals surface area (Å²) >= 11 is 0. The monoisotopic (exact) mass is 285 g/mol. The van der Waals surface area contributed by atoms with E-state index >= 15 is 0 Å². The van der Waals surface area contributed by atoms with E-state index in [1.54, 1.807) is 4.90 Å². The van der Waals surface area contributed by atoms with Crippen LogP contribution in [0.4, 0.5) is 4.79 Å². The first kappa shape index (κ1) is 15.1. The van der Waals surface area contributed by atoms with E-state index in [2.05, 4.69) is 0 Å². The molecule has 0 aromatic carbocycles. The zero-order valence-corrected chi connectivity index (χ0v) is 12.3. The molecule has 2 rings (SSSR count). The number of aliphatic carboxylic acids is 1. The lowest BCUT2D eigenvalue weighted by Crippen LogP contribution is -2.53. The van der Waals surface area contributed by atoms with Gasteiger partial charge in [0.15, 0.2) is 0 Å². The highest BCUT2D eigenvalue weighted by Gasteiger charge is 2.43. The van der Waals surface area contributed by atoms with Crippen LogP contribution in [0.15, 0.2) is 0 Å². The first-order chi connectivity index (χ1) is 9.28. The number of nitrogens with zero attached hydrogens (tertiary/aromatic N) is 1. The lowest BCUT2D eigenvalue weighted by molar-refractivity contribution is -0.157. The number of carbonyl (C=O) groups is 2. The molecule has 2 saturated heterocycles. The molecule has 2 aliphatic rings. The molecular formula is C14H23NO5. The molecule has 114 valence electrons. The lowest BCUT2D eigenvalue weighted by atomic mass is 9.79. The Bertz CT molecular complexity index is 390. The van der Waals surface area contributed by atoms with Crippen LogP contribution in [0.5, 0.6) is 0 Å². The number of hydrogen-bond acceptors (Lipinski definition) is 4. The Labute approximate surface area is 119 Å². The molecule has 1 amide bonds. The van der Waals surface area contributed by atoms with Gasteiger partial charge in [-0.1, -0.05) is 0 Å². The first-order valence-corrected chi connectivity index (χ1v) is 7.10. The van der Waals surface area contributed by atoms with Crippen molar-refractivity contribution in [3.05, 3.63) is 0 Å². The van der Waals surface area contributed by atoms with Crippen LogP contribution in [-0.4, -0.2) is 53.5 Å². The maximum Gasteiger partial charge on any atom is 0.410 e. The summed E-state index contributed by atoms with van der Waals surface area (Å²) in [6, 6.07) is 0. The quantitative estimate of drug-likeness (QED) is 0.794. The molecule has 0 radical (unpaired) electrons. The minimum Gasteiger partial charge on any atom is -0.481 e. The Morgan fingerprint density at radius 1 is 1.30 bits per heavy atom. The molecule has 0 aliphatic carbocycles. The van der Waals surface area contributed by atoms with Gasteiger partial charge in [0.1, 0.15) is 5.60 Å². The van der Waals surface area contributed by atoms with Crippen molar-refractivity contribution in [2.75, 3.05) is 19.7 Å². The molecule has 0 aromatic heterocycles. The molecule has 6 heteroatoms. The third-order valence-corrected chi connectivity index (χ3v) is 3.84. The normalized spacial score (nSPS) is 30.6. The van der Waals surface area contributed by atoms with Gasteiger partial charge in [0.25, 0.3) is 0 Å². The molecule has 0 unspecified atom stereocenters. The third kappa shape index (κ3) is 3.42. The van der Waals surface area contributed by atoms with E-state index in [9.17, 15) is 14.7 Å². The van der Waals surface area contributed by atoms with Gasteiger partial charge in [-0.05, 0) is 33.6 Å². The number of ether oxygens (including phenoxy) is 2. The van der Waals surface area contributed by atoms with Gasteiger partial charge in [0, 0.05) is 25.6 Å².